The van der Waals surface area contributed by atoms with Crippen LogP contribution in [0.25, 0.3) is 0 Å². The number of carboxylic acids is 1. The Balaban J connectivity index is 4.70. The zero-order valence-electron chi connectivity index (χ0n) is 12.6. The number of nitrogens with zero attached hydrogens (tertiary/aromatic N) is 1. The molecule has 116 valence electrons. The van der Waals surface area contributed by atoms with E-state index in [2.05, 4.69) is 10.6 Å². The van der Waals surface area contributed by atoms with E-state index in [1.165, 1.54) is 11.9 Å². The SMILES string of the molecule is CCCN(CC(=O)NC)C(=O)N[C@H](CC(C)C)C(=O)O. The van der Waals surface area contributed by atoms with E-state index in [0.717, 1.165) is 0 Å². The molecule has 3 N–H and O–H groups in total. The highest BCUT2D eigenvalue weighted by atomic mass is 16.4. The lowest BCUT2D eigenvalue weighted by atomic mass is 10.0. The summed E-state index contributed by atoms with van der Waals surface area (Å²) in [4.78, 5) is 35.8. The molecule has 20 heavy (non-hydrogen) atoms. The summed E-state index contributed by atoms with van der Waals surface area (Å²) in [7, 11) is 1.49. The summed E-state index contributed by atoms with van der Waals surface area (Å²) < 4.78 is 0. The van der Waals surface area contributed by atoms with Crippen molar-refractivity contribution in [1.29, 1.82) is 0 Å². The fraction of sp³-hybridized carbons (Fsp3) is 0.769. The number of amides is 3. The van der Waals surface area contributed by atoms with E-state index < -0.39 is 18.0 Å². The van der Waals surface area contributed by atoms with Crippen molar-refractivity contribution < 1.29 is 19.5 Å². The average Bonchev–Trinajstić information content (AvgIpc) is 2.36. The van der Waals surface area contributed by atoms with Crippen LogP contribution < -0.4 is 10.6 Å². The highest BCUT2D eigenvalue weighted by molar-refractivity contribution is 5.86. The molecule has 0 aliphatic carbocycles. The molecular weight excluding hydrogens is 262 g/mol. The summed E-state index contributed by atoms with van der Waals surface area (Å²) in [6.45, 7) is 5.97. The normalized spacial score (nSPS) is 11.8. The van der Waals surface area contributed by atoms with Crippen molar-refractivity contribution in [3.63, 3.8) is 0 Å². The average molecular weight is 287 g/mol. The predicted octanol–water partition coefficient (Wildman–Crippen LogP) is 0.653. The van der Waals surface area contributed by atoms with Crippen molar-refractivity contribution in [1.82, 2.24) is 15.5 Å². The molecule has 0 heterocycles. The van der Waals surface area contributed by atoms with Gasteiger partial charge in [-0.15, -0.1) is 0 Å². The molecule has 0 aromatic carbocycles. The summed E-state index contributed by atoms with van der Waals surface area (Å²) in [5.74, 6) is -1.21. The van der Waals surface area contributed by atoms with E-state index in [9.17, 15) is 14.4 Å². The van der Waals surface area contributed by atoms with Gasteiger partial charge in [-0.2, -0.15) is 0 Å². The molecule has 0 spiro atoms. The Morgan fingerprint density at radius 3 is 2.25 bits per heavy atom. The zero-order valence-corrected chi connectivity index (χ0v) is 12.6. The molecule has 0 aliphatic heterocycles. The first kappa shape index (κ1) is 18.2. The van der Waals surface area contributed by atoms with Crippen molar-refractivity contribution in [3.8, 4) is 0 Å². The number of carbonyl (C=O) groups is 3. The van der Waals surface area contributed by atoms with Crippen LogP contribution in [-0.4, -0.2) is 54.1 Å². The summed E-state index contributed by atoms with van der Waals surface area (Å²) in [6, 6.07) is -1.46. The van der Waals surface area contributed by atoms with E-state index in [4.69, 9.17) is 5.11 Å². The summed E-state index contributed by atoms with van der Waals surface area (Å²) in [6.07, 6.45) is 1.04. The van der Waals surface area contributed by atoms with E-state index >= 15 is 0 Å². The maximum absolute atomic E-state index is 12.1. The van der Waals surface area contributed by atoms with Gasteiger partial charge in [-0.1, -0.05) is 20.8 Å². The molecule has 7 heteroatoms. The van der Waals surface area contributed by atoms with Crippen LogP contribution in [0.1, 0.15) is 33.6 Å². The Hall–Kier alpha value is -1.79. The number of carbonyl (C=O) groups excluding carboxylic acids is 2. The monoisotopic (exact) mass is 287 g/mol. The number of hydrogen-bond acceptors (Lipinski definition) is 3. The smallest absolute Gasteiger partial charge is 0.326 e. The third-order valence-corrected chi connectivity index (χ3v) is 2.70. The fourth-order valence-electron chi connectivity index (χ4n) is 1.71. The Kier molecular flexibility index (Phi) is 8.35. The van der Waals surface area contributed by atoms with Crippen LogP contribution in [0.3, 0.4) is 0 Å². The summed E-state index contributed by atoms with van der Waals surface area (Å²) >= 11 is 0. The Labute approximate surface area is 119 Å². The van der Waals surface area contributed by atoms with Gasteiger partial charge in [0.05, 0.1) is 0 Å². The van der Waals surface area contributed by atoms with Crippen molar-refractivity contribution >= 4 is 17.9 Å². The molecule has 0 fully saturated rings. The highest BCUT2D eigenvalue weighted by Gasteiger charge is 2.24. The lowest BCUT2D eigenvalue weighted by Crippen LogP contribution is -2.50. The van der Waals surface area contributed by atoms with Crippen molar-refractivity contribution in [3.05, 3.63) is 0 Å². The molecule has 0 radical (unpaired) electrons. The van der Waals surface area contributed by atoms with Gasteiger partial charge in [0.25, 0.3) is 0 Å². The third kappa shape index (κ3) is 6.96. The van der Waals surface area contributed by atoms with Gasteiger partial charge >= 0.3 is 12.0 Å². The van der Waals surface area contributed by atoms with Gasteiger partial charge in [-0.05, 0) is 18.8 Å². The molecule has 7 nitrogen and oxygen atoms in total. The minimum atomic E-state index is -1.07. The molecule has 0 aliphatic rings. The maximum Gasteiger partial charge on any atom is 0.326 e. The summed E-state index contributed by atoms with van der Waals surface area (Å²) in [5, 5.41) is 14.0. The second-order valence-electron chi connectivity index (χ2n) is 5.06. The second-order valence-corrected chi connectivity index (χ2v) is 5.06. The number of likely N-dealkylation sites (N-methyl/N-ethyl adjacent to an activating group) is 1. The van der Waals surface area contributed by atoms with Crippen LogP contribution in [0.2, 0.25) is 0 Å². The van der Waals surface area contributed by atoms with Crippen molar-refractivity contribution in [2.75, 3.05) is 20.1 Å². The quantitative estimate of drug-likeness (QED) is 0.610. The minimum Gasteiger partial charge on any atom is -0.480 e. The Bertz CT molecular complexity index is 345. The second kappa shape index (κ2) is 9.17. The molecule has 0 aromatic heterocycles. The van der Waals surface area contributed by atoms with Gasteiger partial charge in [0, 0.05) is 13.6 Å². The molecule has 0 rings (SSSR count). The maximum atomic E-state index is 12.1. The molecule has 0 saturated carbocycles. The first-order valence-corrected chi connectivity index (χ1v) is 6.80. The zero-order chi connectivity index (χ0) is 15.7. The van der Waals surface area contributed by atoms with Crippen LogP contribution in [0, 0.1) is 5.92 Å². The van der Waals surface area contributed by atoms with Crippen molar-refractivity contribution in [2.45, 2.75) is 39.7 Å². The first-order chi connectivity index (χ1) is 9.31. The molecule has 3 amide bonds. The molecule has 0 unspecified atom stereocenters. The van der Waals surface area contributed by atoms with Gasteiger partial charge in [-0.3, -0.25) is 4.79 Å². The molecule has 0 bridgehead atoms. The van der Waals surface area contributed by atoms with Crippen LogP contribution in [0.4, 0.5) is 4.79 Å². The first-order valence-electron chi connectivity index (χ1n) is 6.80. The number of urea groups is 1. The van der Waals surface area contributed by atoms with Crippen LogP contribution in [-0.2, 0) is 9.59 Å². The van der Waals surface area contributed by atoms with Gasteiger partial charge in [0.15, 0.2) is 0 Å². The Morgan fingerprint density at radius 1 is 1.25 bits per heavy atom. The number of carboxylic acid groups (broad SMARTS) is 1. The van der Waals surface area contributed by atoms with E-state index in [1.807, 2.05) is 20.8 Å². The molecule has 0 saturated heterocycles. The van der Waals surface area contributed by atoms with Gasteiger partial charge in [0.1, 0.15) is 12.6 Å². The number of rotatable bonds is 8. The van der Waals surface area contributed by atoms with Crippen LogP contribution in [0.5, 0.6) is 0 Å². The lowest BCUT2D eigenvalue weighted by molar-refractivity contribution is -0.139. The minimum absolute atomic E-state index is 0.0792. The summed E-state index contributed by atoms with van der Waals surface area (Å²) in [5.41, 5.74) is 0. The predicted molar refractivity (Wildman–Crippen MR) is 75.3 cm³/mol. The van der Waals surface area contributed by atoms with Gasteiger partial charge in [-0.25, -0.2) is 9.59 Å². The van der Waals surface area contributed by atoms with E-state index in [1.54, 1.807) is 0 Å². The van der Waals surface area contributed by atoms with Crippen LogP contribution in [0.15, 0.2) is 0 Å². The molecular formula is C13H25N3O4. The lowest BCUT2D eigenvalue weighted by Gasteiger charge is -2.24. The fourth-order valence-corrected chi connectivity index (χ4v) is 1.71. The topological polar surface area (TPSA) is 98.7 Å². The van der Waals surface area contributed by atoms with Crippen molar-refractivity contribution in [2.24, 2.45) is 5.92 Å². The van der Waals surface area contributed by atoms with Gasteiger partial charge < -0.3 is 20.6 Å². The highest BCUT2D eigenvalue weighted by Crippen LogP contribution is 2.06. The van der Waals surface area contributed by atoms with E-state index in [-0.39, 0.29) is 18.4 Å². The van der Waals surface area contributed by atoms with Crippen LogP contribution >= 0.6 is 0 Å². The molecule has 0 aromatic rings. The number of hydrogen-bond donors (Lipinski definition) is 3. The standard InChI is InChI=1S/C13H25N3O4/c1-5-6-16(8-11(17)14-4)13(20)15-10(12(18)19)7-9(2)3/h9-10H,5-8H2,1-4H3,(H,14,17)(H,15,20)(H,18,19)/t10-/m1/s1. The third-order valence-electron chi connectivity index (χ3n) is 2.70. The van der Waals surface area contributed by atoms with E-state index in [0.29, 0.717) is 19.4 Å². The van der Waals surface area contributed by atoms with Gasteiger partial charge in [0.2, 0.25) is 5.91 Å². The largest absolute Gasteiger partial charge is 0.480 e. The number of nitrogens with one attached hydrogen (secondary N) is 2. The Morgan fingerprint density at radius 2 is 1.85 bits per heavy atom. The molecule has 1 atom stereocenters. The number of aliphatic carboxylic acids is 1.